The van der Waals surface area contributed by atoms with Gasteiger partial charge in [0.1, 0.15) is 17.9 Å². The molecule has 1 amide bonds. The first-order valence-corrected chi connectivity index (χ1v) is 7.31. The Hall–Kier alpha value is -1.90. The minimum absolute atomic E-state index is 0.0381. The number of aryl methyl sites for hydroxylation is 1. The van der Waals surface area contributed by atoms with E-state index in [1.54, 1.807) is 0 Å². The molecule has 0 aliphatic rings. The van der Waals surface area contributed by atoms with E-state index in [0.29, 0.717) is 36.9 Å². The van der Waals surface area contributed by atoms with E-state index in [-0.39, 0.29) is 17.4 Å². The fraction of sp³-hybridized carbons (Fsp3) is 0.417. The summed E-state index contributed by atoms with van der Waals surface area (Å²) in [5, 5.41) is 9.14. The minimum Gasteiger partial charge on any atom is -0.455 e. The molecule has 2 aromatic heterocycles. The number of rotatable bonds is 8. The maximum absolute atomic E-state index is 12.0. The van der Waals surface area contributed by atoms with Crippen LogP contribution in [0.15, 0.2) is 22.9 Å². The van der Waals surface area contributed by atoms with E-state index in [1.807, 2.05) is 0 Å². The zero-order chi connectivity index (χ0) is 15.1. The highest BCUT2D eigenvalue weighted by Gasteiger charge is 2.12. The monoisotopic (exact) mass is 316 g/mol. The molecule has 114 valence electrons. The third kappa shape index (κ3) is 5.18. The van der Waals surface area contributed by atoms with Gasteiger partial charge in [0, 0.05) is 13.0 Å². The first-order chi connectivity index (χ1) is 10.1. The number of amides is 1. The summed E-state index contributed by atoms with van der Waals surface area (Å²) in [4.78, 5) is 15.7. The van der Waals surface area contributed by atoms with Crippen LogP contribution in [0.2, 0.25) is 0 Å². The van der Waals surface area contributed by atoms with Gasteiger partial charge in [0.05, 0.1) is 5.75 Å². The molecule has 0 atom stereocenters. The number of alkyl halides is 2. The maximum Gasteiger partial charge on any atom is 0.286 e. The van der Waals surface area contributed by atoms with Gasteiger partial charge in [0.25, 0.3) is 11.7 Å². The molecule has 2 N–H and O–H groups in total. The van der Waals surface area contributed by atoms with Crippen LogP contribution < -0.4 is 5.32 Å². The van der Waals surface area contributed by atoms with Crippen molar-refractivity contribution in [1.82, 2.24) is 20.5 Å². The second-order valence-electron chi connectivity index (χ2n) is 4.13. The van der Waals surface area contributed by atoms with E-state index < -0.39 is 5.76 Å². The van der Waals surface area contributed by atoms with Gasteiger partial charge in [0.2, 0.25) is 0 Å². The SMILES string of the molecule is O=C(NCCCc1ncn[nH]1)c1ccc(CSC(F)F)o1. The van der Waals surface area contributed by atoms with Gasteiger partial charge in [-0.1, -0.05) is 11.8 Å². The number of H-pyrrole nitrogens is 1. The predicted molar refractivity (Wildman–Crippen MR) is 73.0 cm³/mol. The summed E-state index contributed by atoms with van der Waals surface area (Å²) in [5.74, 6) is -1.54. The molecule has 2 aromatic rings. The normalized spacial score (nSPS) is 11.0. The maximum atomic E-state index is 12.0. The van der Waals surface area contributed by atoms with Gasteiger partial charge in [-0.2, -0.15) is 13.9 Å². The Morgan fingerprint density at radius 3 is 3.05 bits per heavy atom. The van der Waals surface area contributed by atoms with Crippen molar-refractivity contribution >= 4 is 17.7 Å². The second-order valence-corrected chi connectivity index (χ2v) is 5.11. The van der Waals surface area contributed by atoms with Crippen molar-refractivity contribution in [2.75, 3.05) is 6.54 Å². The Balaban J connectivity index is 1.70. The first kappa shape index (κ1) is 15.5. The molecule has 0 saturated carbocycles. The number of nitrogens with zero attached hydrogens (tertiary/aromatic N) is 2. The summed E-state index contributed by atoms with van der Waals surface area (Å²) >= 11 is 0.454. The summed E-state index contributed by atoms with van der Waals surface area (Å²) in [6.07, 6.45) is 2.81. The number of aromatic amines is 1. The molecule has 0 saturated heterocycles. The van der Waals surface area contributed by atoms with E-state index in [0.717, 1.165) is 5.82 Å². The molecule has 2 rings (SSSR count). The third-order valence-electron chi connectivity index (χ3n) is 2.58. The fourth-order valence-electron chi connectivity index (χ4n) is 1.62. The number of carbonyl (C=O) groups excluding carboxylic acids is 1. The van der Waals surface area contributed by atoms with Crippen LogP contribution in [0, 0.1) is 0 Å². The Morgan fingerprint density at radius 2 is 2.33 bits per heavy atom. The Bertz CT molecular complexity index is 559. The van der Waals surface area contributed by atoms with E-state index in [9.17, 15) is 13.6 Å². The topological polar surface area (TPSA) is 83.8 Å². The van der Waals surface area contributed by atoms with Crippen LogP contribution in [0.5, 0.6) is 0 Å². The highest BCUT2D eigenvalue weighted by Crippen LogP contribution is 2.21. The Labute approximate surface area is 123 Å². The average Bonchev–Trinajstić information content (AvgIpc) is 3.12. The van der Waals surface area contributed by atoms with Crippen molar-refractivity contribution in [1.29, 1.82) is 0 Å². The van der Waals surface area contributed by atoms with E-state index in [1.165, 1.54) is 18.5 Å². The zero-order valence-corrected chi connectivity index (χ0v) is 11.8. The van der Waals surface area contributed by atoms with Crippen LogP contribution in [-0.4, -0.2) is 33.4 Å². The fourth-order valence-corrected chi connectivity index (χ4v) is 2.06. The predicted octanol–water partition coefficient (Wildman–Crippen LogP) is 2.22. The molecule has 0 aliphatic carbocycles. The van der Waals surface area contributed by atoms with Gasteiger partial charge < -0.3 is 9.73 Å². The van der Waals surface area contributed by atoms with Gasteiger partial charge in [-0.25, -0.2) is 4.98 Å². The van der Waals surface area contributed by atoms with Crippen molar-refractivity contribution < 1.29 is 18.0 Å². The average molecular weight is 316 g/mol. The molecule has 0 unspecified atom stereocenters. The number of thioether (sulfide) groups is 1. The molecular weight excluding hydrogens is 302 g/mol. The van der Waals surface area contributed by atoms with Gasteiger partial charge in [-0.3, -0.25) is 9.89 Å². The first-order valence-electron chi connectivity index (χ1n) is 6.26. The molecule has 0 spiro atoms. The highest BCUT2D eigenvalue weighted by molar-refractivity contribution is 7.98. The molecule has 0 aromatic carbocycles. The number of furan rings is 1. The number of halogens is 2. The van der Waals surface area contributed by atoms with Crippen LogP contribution in [-0.2, 0) is 12.2 Å². The second kappa shape index (κ2) is 7.77. The molecule has 2 heterocycles. The van der Waals surface area contributed by atoms with Crippen molar-refractivity contribution in [3.8, 4) is 0 Å². The van der Waals surface area contributed by atoms with Crippen LogP contribution in [0.4, 0.5) is 8.78 Å². The van der Waals surface area contributed by atoms with E-state index in [4.69, 9.17) is 4.42 Å². The quantitative estimate of drug-likeness (QED) is 0.730. The molecule has 21 heavy (non-hydrogen) atoms. The van der Waals surface area contributed by atoms with Gasteiger partial charge in [-0.15, -0.1) is 0 Å². The number of hydrogen-bond acceptors (Lipinski definition) is 5. The molecule has 0 radical (unpaired) electrons. The number of nitrogens with one attached hydrogen (secondary N) is 2. The highest BCUT2D eigenvalue weighted by atomic mass is 32.2. The molecule has 0 fully saturated rings. The smallest absolute Gasteiger partial charge is 0.286 e. The van der Waals surface area contributed by atoms with E-state index >= 15 is 0 Å². The van der Waals surface area contributed by atoms with Gasteiger partial charge >= 0.3 is 0 Å². The standard InChI is InChI=1S/C12H14F2N4O2S/c13-12(14)21-6-8-3-4-9(20-8)11(19)15-5-1-2-10-16-7-17-18-10/h3-4,7,12H,1-2,5-6H2,(H,15,19)(H,16,17,18). The Kier molecular flexibility index (Phi) is 5.73. The van der Waals surface area contributed by atoms with Crippen LogP contribution in [0.1, 0.15) is 28.6 Å². The van der Waals surface area contributed by atoms with Crippen LogP contribution in [0.3, 0.4) is 0 Å². The molecule has 0 aliphatic heterocycles. The number of aromatic nitrogens is 3. The van der Waals surface area contributed by atoms with Crippen molar-refractivity contribution in [3.63, 3.8) is 0 Å². The molecule has 0 bridgehead atoms. The summed E-state index contributed by atoms with van der Waals surface area (Å²) in [6.45, 7) is 0.460. The third-order valence-corrected chi connectivity index (χ3v) is 3.28. The Morgan fingerprint density at radius 1 is 1.48 bits per heavy atom. The van der Waals surface area contributed by atoms with Crippen molar-refractivity contribution in [3.05, 3.63) is 35.8 Å². The van der Waals surface area contributed by atoms with Gasteiger partial charge in [-0.05, 0) is 18.6 Å². The molecule has 6 nitrogen and oxygen atoms in total. The molecular formula is C12H14F2N4O2S. The zero-order valence-electron chi connectivity index (χ0n) is 11.0. The van der Waals surface area contributed by atoms with Crippen LogP contribution >= 0.6 is 11.8 Å². The number of hydrogen-bond donors (Lipinski definition) is 2. The largest absolute Gasteiger partial charge is 0.455 e. The lowest BCUT2D eigenvalue weighted by atomic mass is 10.3. The van der Waals surface area contributed by atoms with Gasteiger partial charge in [0.15, 0.2) is 5.76 Å². The van der Waals surface area contributed by atoms with Crippen molar-refractivity contribution in [2.45, 2.75) is 24.4 Å². The summed E-state index contributed by atoms with van der Waals surface area (Å²) < 4.78 is 29.3. The summed E-state index contributed by atoms with van der Waals surface area (Å²) in [7, 11) is 0. The lowest BCUT2D eigenvalue weighted by Crippen LogP contribution is -2.24. The lowest BCUT2D eigenvalue weighted by molar-refractivity contribution is 0.0924. The minimum atomic E-state index is -2.46. The summed E-state index contributed by atoms with van der Waals surface area (Å²) in [6, 6.07) is 3.01. The molecule has 9 heteroatoms. The van der Waals surface area contributed by atoms with Crippen LogP contribution in [0.25, 0.3) is 0 Å². The lowest BCUT2D eigenvalue weighted by Gasteiger charge is -2.02. The van der Waals surface area contributed by atoms with E-state index in [2.05, 4.69) is 20.5 Å². The van der Waals surface area contributed by atoms with Crippen molar-refractivity contribution in [2.24, 2.45) is 0 Å². The number of carbonyl (C=O) groups is 1. The summed E-state index contributed by atoms with van der Waals surface area (Å²) in [5.41, 5.74) is 0.